The highest BCUT2D eigenvalue weighted by molar-refractivity contribution is 9.10. The number of hydrogen-bond donors (Lipinski definition) is 2. The van der Waals surface area contributed by atoms with Crippen LogP contribution in [-0.2, 0) is 19.6 Å². The molecule has 0 saturated heterocycles. The highest BCUT2D eigenvalue weighted by Crippen LogP contribution is 2.34. The molecule has 0 aliphatic carbocycles. The maximum Gasteiger partial charge on any atom is 0.214 e. The van der Waals surface area contributed by atoms with Crippen molar-refractivity contribution in [3.05, 3.63) is 68.4 Å². The molecule has 0 spiro atoms. The van der Waals surface area contributed by atoms with Crippen molar-refractivity contribution in [2.75, 3.05) is 12.0 Å². The lowest BCUT2D eigenvalue weighted by molar-refractivity contribution is 0.269. The first kappa shape index (κ1) is 21.3. The summed E-state index contributed by atoms with van der Waals surface area (Å²) in [5.41, 5.74) is 5.13. The first-order chi connectivity index (χ1) is 14.0. The predicted octanol–water partition coefficient (Wildman–Crippen LogP) is 5.13. The molecule has 0 unspecified atom stereocenters. The molecule has 1 aromatic heterocycles. The van der Waals surface area contributed by atoms with Crippen molar-refractivity contribution in [2.24, 2.45) is 0 Å². The Morgan fingerprint density at radius 3 is 2.59 bits per heavy atom. The molecule has 1 heterocycles. The number of rotatable bonds is 9. The number of aromatic amines is 1. The molecular formula is C20H22BrFN4O2S. The van der Waals surface area contributed by atoms with Crippen molar-refractivity contribution in [3.63, 3.8) is 0 Å². The van der Waals surface area contributed by atoms with E-state index in [0.717, 1.165) is 27.8 Å². The van der Waals surface area contributed by atoms with E-state index < -0.39 is 0 Å². The van der Waals surface area contributed by atoms with Gasteiger partial charge in [0.15, 0.2) is 17.3 Å². The summed E-state index contributed by atoms with van der Waals surface area (Å²) in [6.45, 7) is 5.27. The lowest BCUT2D eigenvalue weighted by Gasteiger charge is -2.16. The lowest BCUT2D eigenvalue weighted by atomic mass is 10.2. The summed E-state index contributed by atoms with van der Waals surface area (Å²) in [7, 11) is 0. The largest absolute Gasteiger partial charge is 0.490 e. The van der Waals surface area contributed by atoms with Crippen LogP contribution in [0.25, 0.3) is 0 Å². The topological polar surface area (TPSA) is 64.1 Å². The van der Waals surface area contributed by atoms with Gasteiger partial charge in [0.2, 0.25) is 4.77 Å². The van der Waals surface area contributed by atoms with Gasteiger partial charge in [-0.15, -0.1) is 0 Å². The van der Waals surface area contributed by atoms with Gasteiger partial charge in [0.25, 0.3) is 0 Å². The van der Waals surface area contributed by atoms with Crippen LogP contribution in [0.3, 0.4) is 0 Å². The first-order valence-electron chi connectivity index (χ1n) is 9.24. The van der Waals surface area contributed by atoms with E-state index in [-0.39, 0.29) is 5.82 Å². The van der Waals surface area contributed by atoms with Crippen molar-refractivity contribution in [2.45, 2.75) is 33.4 Å². The summed E-state index contributed by atoms with van der Waals surface area (Å²) in [5, 5.41) is 6.98. The number of aryl methyl sites for hydroxylation is 1. The molecule has 154 valence electrons. The predicted molar refractivity (Wildman–Crippen MR) is 116 cm³/mol. The number of nitrogens with one attached hydrogen (secondary N) is 2. The van der Waals surface area contributed by atoms with Gasteiger partial charge in [-0.25, -0.2) is 9.07 Å². The van der Waals surface area contributed by atoms with Crippen LogP contribution >= 0.6 is 28.1 Å². The van der Waals surface area contributed by atoms with E-state index in [1.807, 2.05) is 26.0 Å². The standard InChI is InChI=1S/C20H22BrFN4O2S/c1-3-19-24-25-20(29)26(19)23-11-14-9-17(27-4-2)18(10-16(14)21)28-12-13-5-7-15(22)8-6-13/h5-10,23H,3-4,11-12H2,1-2H3,(H,25,29). The van der Waals surface area contributed by atoms with E-state index in [1.165, 1.54) is 12.1 Å². The molecule has 0 radical (unpaired) electrons. The quantitative estimate of drug-likeness (QED) is 0.415. The molecular weight excluding hydrogens is 459 g/mol. The summed E-state index contributed by atoms with van der Waals surface area (Å²) in [6.07, 6.45) is 0.752. The van der Waals surface area contributed by atoms with Crippen LogP contribution in [0.15, 0.2) is 40.9 Å². The van der Waals surface area contributed by atoms with E-state index in [1.54, 1.807) is 16.8 Å². The SMILES string of the molecule is CCOc1cc(CNn2c(CC)n[nH]c2=S)c(Br)cc1OCc1ccc(F)cc1. The molecule has 29 heavy (non-hydrogen) atoms. The zero-order valence-electron chi connectivity index (χ0n) is 16.2. The van der Waals surface area contributed by atoms with Crippen LogP contribution in [-0.4, -0.2) is 21.5 Å². The molecule has 0 saturated carbocycles. The smallest absolute Gasteiger partial charge is 0.214 e. The molecule has 0 fully saturated rings. The van der Waals surface area contributed by atoms with Crippen molar-refractivity contribution >= 4 is 28.1 Å². The summed E-state index contributed by atoms with van der Waals surface area (Å²) < 4.78 is 27.9. The fourth-order valence-electron chi connectivity index (χ4n) is 2.73. The normalized spacial score (nSPS) is 10.8. The van der Waals surface area contributed by atoms with E-state index in [0.29, 0.717) is 36.0 Å². The van der Waals surface area contributed by atoms with Gasteiger partial charge in [-0.1, -0.05) is 35.0 Å². The molecule has 0 amide bonds. The number of H-pyrrole nitrogens is 1. The molecule has 6 nitrogen and oxygen atoms in total. The Balaban J connectivity index is 1.77. The molecule has 0 aliphatic heterocycles. The minimum Gasteiger partial charge on any atom is -0.490 e. The average molecular weight is 481 g/mol. The Morgan fingerprint density at radius 2 is 1.90 bits per heavy atom. The third-order valence-corrected chi connectivity index (χ3v) is 5.22. The molecule has 2 aromatic carbocycles. The van der Waals surface area contributed by atoms with E-state index in [4.69, 9.17) is 21.7 Å². The molecule has 9 heteroatoms. The second-order valence-corrected chi connectivity index (χ2v) is 7.45. The Bertz CT molecular complexity index is 1020. The summed E-state index contributed by atoms with van der Waals surface area (Å²) >= 11 is 8.87. The Hall–Kier alpha value is -2.39. The van der Waals surface area contributed by atoms with Crippen molar-refractivity contribution < 1.29 is 13.9 Å². The van der Waals surface area contributed by atoms with Crippen molar-refractivity contribution in [1.82, 2.24) is 14.9 Å². The third-order valence-electron chi connectivity index (χ3n) is 4.21. The maximum absolute atomic E-state index is 13.1. The monoisotopic (exact) mass is 480 g/mol. The van der Waals surface area contributed by atoms with Gasteiger partial charge >= 0.3 is 0 Å². The van der Waals surface area contributed by atoms with Gasteiger partial charge in [-0.2, -0.15) is 5.10 Å². The van der Waals surface area contributed by atoms with E-state index in [2.05, 4.69) is 31.6 Å². The number of halogens is 2. The van der Waals surface area contributed by atoms with Gasteiger partial charge in [-0.3, -0.25) is 5.10 Å². The number of nitrogens with zero attached hydrogens (tertiary/aromatic N) is 2. The van der Waals surface area contributed by atoms with E-state index in [9.17, 15) is 4.39 Å². The summed E-state index contributed by atoms with van der Waals surface area (Å²) in [4.78, 5) is 0. The number of hydrogen-bond acceptors (Lipinski definition) is 5. The second-order valence-electron chi connectivity index (χ2n) is 6.21. The molecule has 2 N–H and O–H groups in total. The maximum atomic E-state index is 13.1. The zero-order valence-corrected chi connectivity index (χ0v) is 18.6. The Kier molecular flexibility index (Phi) is 7.27. The molecule has 0 atom stereocenters. The van der Waals surface area contributed by atoms with Crippen LogP contribution < -0.4 is 14.9 Å². The van der Waals surface area contributed by atoms with Gasteiger partial charge in [0, 0.05) is 10.9 Å². The molecule has 3 rings (SSSR count). The lowest BCUT2D eigenvalue weighted by Crippen LogP contribution is -2.17. The Morgan fingerprint density at radius 1 is 1.17 bits per heavy atom. The van der Waals surface area contributed by atoms with Crippen LogP contribution in [0.1, 0.15) is 30.8 Å². The van der Waals surface area contributed by atoms with Crippen LogP contribution in [0, 0.1) is 10.6 Å². The zero-order chi connectivity index (χ0) is 20.8. The van der Waals surface area contributed by atoms with Gasteiger partial charge < -0.3 is 14.9 Å². The fourth-order valence-corrected chi connectivity index (χ4v) is 3.41. The number of ether oxygens (including phenoxy) is 2. The highest BCUT2D eigenvalue weighted by atomic mass is 79.9. The van der Waals surface area contributed by atoms with Crippen LogP contribution in [0.4, 0.5) is 4.39 Å². The fraction of sp³-hybridized carbons (Fsp3) is 0.300. The van der Waals surface area contributed by atoms with Gasteiger partial charge in [-0.05, 0) is 54.5 Å². The number of aromatic nitrogens is 3. The summed E-state index contributed by atoms with van der Waals surface area (Å²) in [5.74, 6) is 1.81. The van der Waals surface area contributed by atoms with Crippen LogP contribution in [0.2, 0.25) is 0 Å². The number of benzene rings is 2. The van der Waals surface area contributed by atoms with Crippen molar-refractivity contribution in [3.8, 4) is 11.5 Å². The van der Waals surface area contributed by atoms with Gasteiger partial charge in [0.05, 0.1) is 13.2 Å². The second kappa shape index (κ2) is 9.89. The molecule has 0 aliphatic rings. The Labute approximate surface area is 182 Å². The molecule has 0 bridgehead atoms. The highest BCUT2D eigenvalue weighted by Gasteiger charge is 2.12. The summed E-state index contributed by atoms with van der Waals surface area (Å²) in [6, 6.07) is 10.0. The van der Waals surface area contributed by atoms with Crippen LogP contribution in [0.5, 0.6) is 11.5 Å². The minimum atomic E-state index is -0.271. The first-order valence-corrected chi connectivity index (χ1v) is 10.4. The average Bonchev–Trinajstić information content (AvgIpc) is 3.07. The van der Waals surface area contributed by atoms with E-state index >= 15 is 0 Å². The third kappa shape index (κ3) is 5.36. The van der Waals surface area contributed by atoms with Gasteiger partial charge in [0.1, 0.15) is 12.4 Å². The minimum absolute atomic E-state index is 0.271. The molecule has 3 aromatic rings. The van der Waals surface area contributed by atoms with Crippen molar-refractivity contribution in [1.29, 1.82) is 0 Å².